The molecule has 2 amide bonds. The summed E-state index contributed by atoms with van der Waals surface area (Å²) in [5.41, 5.74) is 3.29. The molecule has 0 aromatic heterocycles. The minimum absolute atomic E-state index is 0.0650. The van der Waals surface area contributed by atoms with Crippen LogP contribution in [-0.2, 0) is 0 Å². The number of anilines is 1. The SMILES string of the molecule is O=C(NO)c1ccc(N(C(=O)c2ccccc2)C2CCNC2)cc1. The summed E-state index contributed by atoms with van der Waals surface area (Å²) >= 11 is 0. The fourth-order valence-corrected chi connectivity index (χ4v) is 2.91. The van der Waals surface area contributed by atoms with E-state index in [1.807, 2.05) is 18.2 Å². The Balaban J connectivity index is 1.93. The van der Waals surface area contributed by atoms with E-state index >= 15 is 0 Å². The van der Waals surface area contributed by atoms with Gasteiger partial charge in [0.1, 0.15) is 0 Å². The van der Waals surface area contributed by atoms with Crippen molar-refractivity contribution < 1.29 is 14.8 Å². The first-order chi connectivity index (χ1) is 11.7. The number of nitrogens with zero attached hydrogens (tertiary/aromatic N) is 1. The molecule has 0 bridgehead atoms. The third kappa shape index (κ3) is 3.29. The maximum atomic E-state index is 13.0. The average Bonchev–Trinajstić information content (AvgIpc) is 3.16. The van der Waals surface area contributed by atoms with Crippen molar-refractivity contribution in [1.29, 1.82) is 0 Å². The summed E-state index contributed by atoms with van der Waals surface area (Å²) in [5.74, 6) is -0.645. The number of nitrogens with one attached hydrogen (secondary N) is 2. The number of carbonyl (C=O) groups is 2. The zero-order valence-corrected chi connectivity index (χ0v) is 13.1. The van der Waals surface area contributed by atoms with Crippen molar-refractivity contribution in [3.8, 4) is 0 Å². The minimum atomic E-state index is -0.579. The lowest BCUT2D eigenvalue weighted by Gasteiger charge is -2.29. The Bertz CT molecular complexity index is 710. The van der Waals surface area contributed by atoms with Crippen molar-refractivity contribution in [1.82, 2.24) is 10.8 Å². The van der Waals surface area contributed by atoms with Crippen LogP contribution in [0.25, 0.3) is 0 Å². The number of hydroxylamine groups is 1. The normalized spacial score (nSPS) is 16.6. The fourth-order valence-electron chi connectivity index (χ4n) is 2.91. The molecule has 124 valence electrons. The molecule has 0 saturated carbocycles. The molecule has 0 spiro atoms. The summed E-state index contributed by atoms with van der Waals surface area (Å²) in [4.78, 5) is 26.2. The second-order valence-corrected chi connectivity index (χ2v) is 5.68. The van der Waals surface area contributed by atoms with Crippen molar-refractivity contribution >= 4 is 17.5 Å². The van der Waals surface area contributed by atoms with Crippen LogP contribution in [0.15, 0.2) is 54.6 Å². The predicted molar refractivity (Wildman–Crippen MR) is 90.2 cm³/mol. The van der Waals surface area contributed by atoms with E-state index in [4.69, 9.17) is 5.21 Å². The maximum Gasteiger partial charge on any atom is 0.274 e. The fraction of sp³-hybridized carbons (Fsp3) is 0.222. The van der Waals surface area contributed by atoms with Gasteiger partial charge in [-0.1, -0.05) is 18.2 Å². The van der Waals surface area contributed by atoms with Gasteiger partial charge in [-0.05, 0) is 49.4 Å². The smallest absolute Gasteiger partial charge is 0.274 e. The van der Waals surface area contributed by atoms with Gasteiger partial charge in [0.25, 0.3) is 11.8 Å². The molecule has 2 aromatic carbocycles. The van der Waals surface area contributed by atoms with Gasteiger partial charge in [-0.3, -0.25) is 14.8 Å². The van der Waals surface area contributed by atoms with Crippen LogP contribution in [-0.4, -0.2) is 36.2 Å². The quantitative estimate of drug-likeness (QED) is 0.591. The van der Waals surface area contributed by atoms with E-state index in [1.165, 1.54) is 0 Å². The molecule has 2 aromatic rings. The van der Waals surface area contributed by atoms with E-state index in [0.29, 0.717) is 11.1 Å². The third-order valence-corrected chi connectivity index (χ3v) is 4.15. The molecule has 1 heterocycles. The van der Waals surface area contributed by atoms with E-state index in [9.17, 15) is 9.59 Å². The molecule has 1 atom stereocenters. The summed E-state index contributed by atoms with van der Waals surface area (Å²) in [5, 5.41) is 12.0. The minimum Gasteiger partial charge on any atom is -0.315 e. The number of amides is 2. The number of hydrogen-bond acceptors (Lipinski definition) is 4. The Kier molecular flexibility index (Phi) is 4.88. The molecule has 1 fully saturated rings. The largest absolute Gasteiger partial charge is 0.315 e. The van der Waals surface area contributed by atoms with Crippen molar-refractivity contribution in [2.75, 3.05) is 18.0 Å². The van der Waals surface area contributed by atoms with E-state index in [1.54, 1.807) is 46.8 Å². The Hall–Kier alpha value is -2.70. The van der Waals surface area contributed by atoms with Gasteiger partial charge in [-0.2, -0.15) is 0 Å². The molecule has 6 heteroatoms. The molecule has 6 nitrogen and oxygen atoms in total. The second-order valence-electron chi connectivity index (χ2n) is 5.68. The summed E-state index contributed by atoms with van der Waals surface area (Å²) in [6, 6.07) is 15.9. The Labute approximate surface area is 140 Å². The Morgan fingerprint density at radius 2 is 1.75 bits per heavy atom. The molecule has 24 heavy (non-hydrogen) atoms. The van der Waals surface area contributed by atoms with Gasteiger partial charge < -0.3 is 10.2 Å². The number of hydrogen-bond donors (Lipinski definition) is 3. The van der Waals surface area contributed by atoms with E-state index in [-0.39, 0.29) is 11.9 Å². The van der Waals surface area contributed by atoms with E-state index < -0.39 is 5.91 Å². The molecule has 1 aliphatic heterocycles. The zero-order chi connectivity index (χ0) is 16.9. The van der Waals surface area contributed by atoms with Crippen molar-refractivity contribution in [3.05, 3.63) is 65.7 Å². The lowest BCUT2D eigenvalue weighted by atomic mass is 10.1. The zero-order valence-electron chi connectivity index (χ0n) is 13.1. The molecule has 3 rings (SSSR count). The first-order valence-electron chi connectivity index (χ1n) is 7.84. The first-order valence-corrected chi connectivity index (χ1v) is 7.84. The van der Waals surface area contributed by atoms with Gasteiger partial charge in [0.2, 0.25) is 0 Å². The molecule has 0 radical (unpaired) electrons. The predicted octanol–water partition coefficient (Wildman–Crippen LogP) is 1.81. The monoisotopic (exact) mass is 325 g/mol. The van der Waals surface area contributed by atoms with Crippen LogP contribution >= 0.6 is 0 Å². The standard InChI is InChI=1S/C18H19N3O3/c22-17(20-24)13-6-8-15(9-7-13)21(16-10-11-19-12-16)18(23)14-4-2-1-3-5-14/h1-9,16,19,24H,10-12H2,(H,20,22). The molecule has 0 aliphatic carbocycles. The lowest BCUT2D eigenvalue weighted by molar-refractivity contribution is 0.0706. The number of carbonyl (C=O) groups excluding carboxylic acids is 2. The van der Waals surface area contributed by atoms with Crippen LogP contribution in [0.4, 0.5) is 5.69 Å². The Morgan fingerprint density at radius 3 is 2.33 bits per heavy atom. The summed E-state index contributed by atoms with van der Waals surface area (Å²) in [6.07, 6.45) is 0.872. The van der Waals surface area contributed by atoms with Crippen LogP contribution in [0.3, 0.4) is 0 Å². The van der Waals surface area contributed by atoms with Crippen LogP contribution in [0.2, 0.25) is 0 Å². The van der Waals surface area contributed by atoms with Crippen LogP contribution in [0, 0.1) is 0 Å². The van der Waals surface area contributed by atoms with Gasteiger partial charge in [0.15, 0.2) is 0 Å². The lowest BCUT2D eigenvalue weighted by Crippen LogP contribution is -2.41. The average molecular weight is 325 g/mol. The molecule has 1 aliphatic rings. The molecule has 1 unspecified atom stereocenters. The van der Waals surface area contributed by atoms with Gasteiger partial charge >= 0.3 is 0 Å². The highest BCUT2D eigenvalue weighted by molar-refractivity contribution is 6.06. The highest BCUT2D eigenvalue weighted by Crippen LogP contribution is 2.23. The van der Waals surface area contributed by atoms with Crippen LogP contribution in [0.5, 0.6) is 0 Å². The topological polar surface area (TPSA) is 81.7 Å². The van der Waals surface area contributed by atoms with Gasteiger partial charge in [-0.25, -0.2) is 5.48 Å². The molecular weight excluding hydrogens is 306 g/mol. The third-order valence-electron chi connectivity index (χ3n) is 4.15. The van der Waals surface area contributed by atoms with E-state index in [0.717, 1.165) is 25.2 Å². The summed E-state index contributed by atoms with van der Waals surface area (Å²) < 4.78 is 0. The number of rotatable bonds is 4. The van der Waals surface area contributed by atoms with Crippen LogP contribution in [0.1, 0.15) is 27.1 Å². The summed E-state index contributed by atoms with van der Waals surface area (Å²) in [7, 11) is 0. The summed E-state index contributed by atoms with van der Waals surface area (Å²) in [6.45, 7) is 1.60. The Morgan fingerprint density at radius 1 is 1.04 bits per heavy atom. The van der Waals surface area contributed by atoms with Crippen molar-refractivity contribution in [2.45, 2.75) is 12.5 Å². The van der Waals surface area contributed by atoms with Crippen molar-refractivity contribution in [2.24, 2.45) is 0 Å². The van der Waals surface area contributed by atoms with Gasteiger partial charge in [-0.15, -0.1) is 0 Å². The van der Waals surface area contributed by atoms with Crippen molar-refractivity contribution in [3.63, 3.8) is 0 Å². The first kappa shape index (κ1) is 16.2. The highest BCUT2D eigenvalue weighted by Gasteiger charge is 2.28. The van der Waals surface area contributed by atoms with Gasteiger partial charge in [0, 0.05) is 23.4 Å². The van der Waals surface area contributed by atoms with Crippen LogP contribution < -0.4 is 15.7 Å². The molecule has 1 saturated heterocycles. The highest BCUT2D eigenvalue weighted by atomic mass is 16.5. The van der Waals surface area contributed by atoms with Gasteiger partial charge in [0.05, 0.1) is 6.04 Å². The maximum absolute atomic E-state index is 13.0. The van der Waals surface area contributed by atoms with E-state index in [2.05, 4.69) is 5.32 Å². The molecular formula is C18H19N3O3. The second kappa shape index (κ2) is 7.25. The number of benzene rings is 2. The molecule has 3 N–H and O–H groups in total.